The van der Waals surface area contributed by atoms with Crippen molar-refractivity contribution in [3.63, 3.8) is 0 Å². The van der Waals surface area contributed by atoms with E-state index in [1.807, 2.05) is 28.8 Å². The van der Waals surface area contributed by atoms with Crippen molar-refractivity contribution < 1.29 is 9.90 Å². The van der Waals surface area contributed by atoms with Crippen molar-refractivity contribution in [2.45, 2.75) is 0 Å². The van der Waals surface area contributed by atoms with Gasteiger partial charge in [-0.15, -0.1) is 0 Å². The molecule has 1 saturated heterocycles. The second-order valence-electron chi connectivity index (χ2n) is 7.84. The Hall–Kier alpha value is -3.23. The quantitative estimate of drug-likeness (QED) is 0.528. The molecular weight excluding hydrogens is 380 g/mol. The highest BCUT2D eigenvalue weighted by Gasteiger charge is 2.15. The van der Waals surface area contributed by atoms with E-state index in [9.17, 15) is 9.90 Å². The van der Waals surface area contributed by atoms with E-state index in [0.29, 0.717) is 0 Å². The number of carboxylic acids is 1. The summed E-state index contributed by atoms with van der Waals surface area (Å²) in [6.07, 6.45) is 3.61. The number of hydrogen-bond donors (Lipinski definition) is 2. The van der Waals surface area contributed by atoms with Crippen LogP contribution in [-0.4, -0.2) is 81.6 Å². The van der Waals surface area contributed by atoms with E-state index < -0.39 is 5.97 Å². The number of fused-ring (bicyclic) bond motifs is 5. The summed E-state index contributed by atoms with van der Waals surface area (Å²) in [6.45, 7) is 6.17. The molecule has 30 heavy (non-hydrogen) atoms. The van der Waals surface area contributed by atoms with Crippen molar-refractivity contribution in [2.75, 3.05) is 51.6 Å². The first-order valence-electron chi connectivity index (χ1n) is 10.2. The molecule has 0 radical (unpaired) electrons. The molecule has 0 saturated carbocycles. The molecule has 1 aliphatic heterocycles. The molecule has 0 bridgehead atoms. The molecule has 154 valence electrons. The highest BCUT2D eigenvalue weighted by atomic mass is 16.4. The van der Waals surface area contributed by atoms with Crippen LogP contribution in [0, 0.1) is 0 Å². The van der Waals surface area contributed by atoms with Gasteiger partial charge in [0.2, 0.25) is 0 Å². The van der Waals surface area contributed by atoms with Gasteiger partial charge in [0.1, 0.15) is 11.5 Å². The second kappa shape index (κ2) is 7.55. The molecule has 0 amide bonds. The van der Waals surface area contributed by atoms with Gasteiger partial charge in [-0.05, 0) is 37.4 Å². The first-order valence-corrected chi connectivity index (χ1v) is 10.2. The highest BCUT2D eigenvalue weighted by Crippen LogP contribution is 2.28. The van der Waals surface area contributed by atoms with Gasteiger partial charge in [-0.2, -0.15) is 0 Å². The van der Waals surface area contributed by atoms with Crippen molar-refractivity contribution in [2.24, 2.45) is 0 Å². The van der Waals surface area contributed by atoms with Crippen LogP contribution < -0.4 is 5.32 Å². The van der Waals surface area contributed by atoms with Gasteiger partial charge in [-0.3, -0.25) is 14.3 Å². The van der Waals surface area contributed by atoms with Crippen LogP contribution in [0.1, 0.15) is 10.4 Å². The molecular formula is C22H24N6O2. The first-order chi connectivity index (χ1) is 14.6. The summed E-state index contributed by atoms with van der Waals surface area (Å²) in [5.74, 6) is -0.104. The summed E-state index contributed by atoms with van der Waals surface area (Å²) in [7, 11) is 2.16. The Balaban J connectivity index is 1.50. The lowest BCUT2D eigenvalue weighted by Gasteiger charge is -2.32. The molecule has 4 heterocycles. The molecule has 4 aromatic rings. The molecule has 8 heteroatoms. The van der Waals surface area contributed by atoms with Gasteiger partial charge >= 0.3 is 5.97 Å². The first kappa shape index (κ1) is 18.8. The number of pyridine rings is 1. The lowest BCUT2D eigenvalue weighted by Crippen LogP contribution is -2.45. The molecule has 0 atom stereocenters. The lowest BCUT2D eigenvalue weighted by atomic mass is 10.1. The highest BCUT2D eigenvalue weighted by molar-refractivity contribution is 6.00. The number of anilines is 1. The average Bonchev–Trinajstić information content (AvgIpc) is 3.12. The monoisotopic (exact) mass is 404 g/mol. The second-order valence-corrected chi connectivity index (χ2v) is 7.84. The smallest absolute Gasteiger partial charge is 0.335 e. The van der Waals surface area contributed by atoms with Crippen molar-refractivity contribution in [1.82, 2.24) is 24.2 Å². The third-order valence-electron chi connectivity index (χ3n) is 5.87. The summed E-state index contributed by atoms with van der Waals surface area (Å²) >= 11 is 0. The van der Waals surface area contributed by atoms with E-state index in [4.69, 9.17) is 4.98 Å². The van der Waals surface area contributed by atoms with Crippen molar-refractivity contribution >= 4 is 39.2 Å². The fourth-order valence-electron chi connectivity index (χ4n) is 4.15. The van der Waals surface area contributed by atoms with E-state index in [1.165, 1.54) is 0 Å². The van der Waals surface area contributed by atoms with Crippen LogP contribution in [0.3, 0.4) is 0 Å². The van der Waals surface area contributed by atoms with Crippen molar-refractivity contribution in [1.29, 1.82) is 0 Å². The predicted octanol–water partition coefficient (Wildman–Crippen LogP) is 2.39. The average molecular weight is 404 g/mol. The molecule has 1 aromatic carbocycles. The van der Waals surface area contributed by atoms with Crippen LogP contribution >= 0.6 is 0 Å². The van der Waals surface area contributed by atoms with Crippen LogP contribution in [0.5, 0.6) is 0 Å². The van der Waals surface area contributed by atoms with E-state index >= 15 is 0 Å². The van der Waals surface area contributed by atoms with E-state index in [2.05, 4.69) is 27.1 Å². The molecule has 0 spiro atoms. The number of piperazine rings is 1. The van der Waals surface area contributed by atoms with Crippen LogP contribution in [0.2, 0.25) is 0 Å². The largest absolute Gasteiger partial charge is 0.478 e. The molecule has 0 aliphatic carbocycles. The van der Waals surface area contributed by atoms with Gasteiger partial charge in [0, 0.05) is 56.2 Å². The van der Waals surface area contributed by atoms with Gasteiger partial charge in [-0.1, -0.05) is 0 Å². The SMILES string of the molecule is CN1CCN(CCNc2nc3cc4cc(C(=O)O)ccc4n3c3cnccc23)CC1. The third kappa shape index (κ3) is 3.34. The number of benzene rings is 1. The molecule has 1 aliphatic rings. The van der Waals surface area contributed by atoms with Crippen molar-refractivity contribution in [3.05, 3.63) is 48.3 Å². The van der Waals surface area contributed by atoms with E-state index in [-0.39, 0.29) is 5.56 Å². The van der Waals surface area contributed by atoms with Crippen molar-refractivity contribution in [3.8, 4) is 0 Å². The molecule has 5 rings (SSSR count). The number of carbonyl (C=O) groups is 1. The Labute approximate surface area is 173 Å². The molecule has 3 aromatic heterocycles. The van der Waals surface area contributed by atoms with Crippen LogP contribution in [-0.2, 0) is 0 Å². The van der Waals surface area contributed by atoms with Gasteiger partial charge < -0.3 is 15.3 Å². The lowest BCUT2D eigenvalue weighted by molar-refractivity contribution is 0.0697. The Morgan fingerprint density at radius 2 is 1.97 bits per heavy atom. The minimum absolute atomic E-state index is 0.270. The third-order valence-corrected chi connectivity index (χ3v) is 5.87. The zero-order valence-electron chi connectivity index (χ0n) is 16.9. The Bertz CT molecular complexity index is 1240. The fraction of sp³-hybridized carbons (Fsp3) is 0.318. The normalized spacial score (nSPS) is 15.9. The summed E-state index contributed by atoms with van der Waals surface area (Å²) < 4.78 is 2.04. The summed E-state index contributed by atoms with van der Waals surface area (Å²) in [4.78, 5) is 25.3. The minimum Gasteiger partial charge on any atom is -0.478 e. The van der Waals surface area contributed by atoms with E-state index in [0.717, 1.165) is 72.5 Å². The topological polar surface area (TPSA) is 86.0 Å². The zero-order valence-corrected chi connectivity index (χ0v) is 16.9. The van der Waals surface area contributed by atoms with Crippen LogP contribution in [0.15, 0.2) is 42.7 Å². The Kier molecular flexibility index (Phi) is 4.72. The molecule has 8 nitrogen and oxygen atoms in total. The van der Waals surface area contributed by atoms with Gasteiger partial charge in [0.05, 0.1) is 22.8 Å². The number of likely N-dealkylation sites (N-methyl/N-ethyl adjacent to an activating group) is 1. The van der Waals surface area contributed by atoms with Gasteiger partial charge in [-0.25, -0.2) is 9.78 Å². The maximum Gasteiger partial charge on any atom is 0.335 e. The Morgan fingerprint density at radius 1 is 1.13 bits per heavy atom. The summed E-state index contributed by atoms with van der Waals surface area (Å²) in [6, 6.07) is 9.05. The Morgan fingerprint density at radius 3 is 2.77 bits per heavy atom. The number of nitrogens with one attached hydrogen (secondary N) is 1. The van der Waals surface area contributed by atoms with Gasteiger partial charge in [0.15, 0.2) is 0 Å². The number of hydrogen-bond acceptors (Lipinski definition) is 6. The molecule has 2 N–H and O–H groups in total. The number of aromatic nitrogens is 3. The predicted molar refractivity (Wildman–Crippen MR) is 117 cm³/mol. The van der Waals surface area contributed by atoms with E-state index in [1.54, 1.807) is 18.3 Å². The molecule has 0 unspecified atom stereocenters. The summed E-state index contributed by atoms with van der Waals surface area (Å²) in [5, 5.41) is 14.7. The number of carboxylic acid groups (broad SMARTS) is 1. The van der Waals surface area contributed by atoms with Crippen LogP contribution in [0.25, 0.3) is 27.5 Å². The minimum atomic E-state index is -0.932. The molecule has 1 fully saturated rings. The maximum atomic E-state index is 11.3. The fourth-order valence-corrected chi connectivity index (χ4v) is 4.15. The maximum absolute atomic E-state index is 11.3. The summed E-state index contributed by atoms with van der Waals surface area (Å²) in [5.41, 5.74) is 2.91. The number of rotatable bonds is 5. The van der Waals surface area contributed by atoms with Crippen LogP contribution in [0.4, 0.5) is 5.82 Å². The standard InChI is InChI=1S/C22H24N6O2/c1-26-8-10-27(11-9-26)7-6-24-21-17-4-5-23-14-19(17)28-18-3-2-15(22(29)30)12-16(18)13-20(28)25-21/h2-5,12-14H,6-11H2,1H3,(H,24,25)(H,29,30). The zero-order chi connectivity index (χ0) is 20.7. The van der Waals surface area contributed by atoms with Gasteiger partial charge in [0.25, 0.3) is 0 Å². The number of nitrogens with zero attached hydrogens (tertiary/aromatic N) is 5. The number of aromatic carboxylic acids is 1.